The summed E-state index contributed by atoms with van der Waals surface area (Å²) in [5, 5.41) is 4.56. The van der Waals surface area contributed by atoms with Gasteiger partial charge < -0.3 is 9.62 Å². The van der Waals surface area contributed by atoms with E-state index in [0.717, 1.165) is 45.7 Å². The number of halogens is 1. The number of benzene rings is 2. The number of nitrogens with one attached hydrogen (secondary N) is 1. The van der Waals surface area contributed by atoms with Gasteiger partial charge in [-0.2, -0.15) is 0 Å². The van der Waals surface area contributed by atoms with Gasteiger partial charge >= 0.3 is 0 Å². The van der Waals surface area contributed by atoms with Gasteiger partial charge in [-0.3, -0.25) is 9.78 Å². The minimum absolute atomic E-state index is 0.142. The van der Waals surface area contributed by atoms with Crippen LogP contribution in [0.1, 0.15) is 42.6 Å². The molecule has 0 atom stereocenters. The van der Waals surface area contributed by atoms with Gasteiger partial charge in [-0.1, -0.05) is 25.4 Å². The maximum Gasteiger partial charge on any atom is 0.255 e. The van der Waals surface area contributed by atoms with E-state index in [0.29, 0.717) is 16.3 Å². The first-order valence-corrected chi connectivity index (χ1v) is 13.2. The third-order valence-electron chi connectivity index (χ3n) is 5.73. The maximum absolute atomic E-state index is 13.0. The number of aromatic nitrogens is 2. The van der Waals surface area contributed by atoms with Crippen LogP contribution in [0.2, 0.25) is 5.02 Å². The van der Waals surface area contributed by atoms with Crippen molar-refractivity contribution in [3.63, 3.8) is 0 Å². The molecule has 0 bridgehead atoms. The summed E-state index contributed by atoms with van der Waals surface area (Å²) in [5.41, 5.74) is 5.79. The van der Waals surface area contributed by atoms with Crippen molar-refractivity contribution >= 4 is 51.7 Å². The van der Waals surface area contributed by atoms with Crippen LogP contribution in [0.15, 0.2) is 67.0 Å². The average Bonchev–Trinajstić information content (AvgIpc) is 2.91. The van der Waals surface area contributed by atoms with Crippen LogP contribution < -0.4 is 9.62 Å². The van der Waals surface area contributed by atoms with Crippen LogP contribution in [0.25, 0.3) is 22.2 Å². The van der Waals surface area contributed by atoms with Crippen molar-refractivity contribution in [1.29, 1.82) is 0 Å². The molecule has 2 aromatic carbocycles. The topological polar surface area (TPSA) is 58.1 Å². The predicted octanol–water partition coefficient (Wildman–Crippen LogP) is 7.79. The number of anilines is 2. The molecule has 5 rings (SSSR count). The van der Waals surface area contributed by atoms with Crippen molar-refractivity contribution in [3.05, 3.63) is 83.1 Å². The second kappa shape index (κ2) is 11.6. The smallest absolute Gasteiger partial charge is 0.255 e. The van der Waals surface area contributed by atoms with Crippen molar-refractivity contribution in [2.24, 2.45) is 0 Å². The van der Waals surface area contributed by atoms with Gasteiger partial charge in [0, 0.05) is 52.6 Å². The summed E-state index contributed by atoms with van der Waals surface area (Å²) >= 11 is 8.33. The summed E-state index contributed by atoms with van der Waals surface area (Å²) in [6.45, 7) is 7.02. The molecule has 0 saturated carbocycles. The molecule has 0 radical (unpaired) electrons. The molecule has 1 aliphatic rings. The number of aryl methyl sites for hydroxylation is 1. The third kappa shape index (κ3) is 5.77. The van der Waals surface area contributed by atoms with Gasteiger partial charge in [0.2, 0.25) is 0 Å². The minimum atomic E-state index is -0.142. The fourth-order valence-electron chi connectivity index (χ4n) is 3.97. The fourth-order valence-corrected chi connectivity index (χ4v) is 5.26. The molecule has 5 nitrogen and oxygen atoms in total. The second-order valence-electron chi connectivity index (χ2n) is 8.06. The Bertz CT molecular complexity index is 1340. The van der Waals surface area contributed by atoms with E-state index in [-0.39, 0.29) is 5.91 Å². The zero-order valence-corrected chi connectivity index (χ0v) is 21.8. The molecule has 0 unspecified atom stereocenters. The second-order valence-corrected chi connectivity index (χ2v) is 9.57. The first-order valence-electron chi connectivity index (χ1n) is 11.9. The Balaban J connectivity index is 0.00000141. The number of hydrogen-bond acceptors (Lipinski definition) is 5. The zero-order chi connectivity index (χ0) is 24.8. The average molecular weight is 505 g/mol. The molecule has 3 heterocycles. The lowest BCUT2D eigenvalue weighted by Crippen LogP contribution is -2.21. The van der Waals surface area contributed by atoms with Crippen molar-refractivity contribution in [1.82, 2.24) is 9.97 Å². The molecule has 1 saturated heterocycles. The van der Waals surface area contributed by atoms with E-state index < -0.39 is 0 Å². The maximum atomic E-state index is 13.0. The number of amides is 1. The Labute approximate surface area is 216 Å². The third-order valence-corrected chi connectivity index (χ3v) is 7.24. The summed E-state index contributed by atoms with van der Waals surface area (Å²) in [6.07, 6.45) is 5.96. The molecule has 180 valence electrons. The Morgan fingerprint density at radius 2 is 1.91 bits per heavy atom. The highest BCUT2D eigenvalue weighted by molar-refractivity contribution is 8.00. The molecule has 2 aromatic heterocycles. The first-order chi connectivity index (χ1) is 17.1. The predicted molar refractivity (Wildman–Crippen MR) is 150 cm³/mol. The molecule has 1 N–H and O–H groups in total. The number of rotatable bonds is 4. The molecular weight excluding hydrogens is 476 g/mol. The highest BCUT2D eigenvalue weighted by atomic mass is 35.5. The van der Waals surface area contributed by atoms with Gasteiger partial charge in [0.1, 0.15) is 0 Å². The lowest BCUT2D eigenvalue weighted by Gasteiger charge is -2.27. The van der Waals surface area contributed by atoms with Crippen LogP contribution in [0.5, 0.6) is 0 Å². The van der Waals surface area contributed by atoms with E-state index in [1.165, 1.54) is 12.8 Å². The van der Waals surface area contributed by atoms with Gasteiger partial charge in [0.25, 0.3) is 5.91 Å². The van der Waals surface area contributed by atoms with Crippen LogP contribution >= 0.6 is 23.5 Å². The van der Waals surface area contributed by atoms with E-state index in [1.807, 2.05) is 75.2 Å². The van der Waals surface area contributed by atoms with E-state index in [4.69, 9.17) is 16.6 Å². The monoisotopic (exact) mass is 504 g/mol. The van der Waals surface area contributed by atoms with Crippen molar-refractivity contribution in [2.75, 3.05) is 21.9 Å². The summed E-state index contributed by atoms with van der Waals surface area (Å²) in [7, 11) is 0. The van der Waals surface area contributed by atoms with E-state index >= 15 is 0 Å². The van der Waals surface area contributed by atoms with Gasteiger partial charge in [0.05, 0.1) is 16.2 Å². The van der Waals surface area contributed by atoms with E-state index in [2.05, 4.69) is 20.7 Å². The van der Waals surface area contributed by atoms with Crippen LogP contribution in [0.4, 0.5) is 11.4 Å². The summed E-state index contributed by atoms with van der Waals surface area (Å²) in [4.78, 5) is 21.9. The molecule has 7 heteroatoms. The van der Waals surface area contributed by atoms with Gasteiger partial charge in [-0.25, -0.2) is 4.98 Å². The summed E-state index contributed by atoms with van der Waals surface area (Å²) in [5.74, 6) is 1.000. The summed E-state index contributed by atoms with van der Waals surface area (Å²) in [6, 6.07) is 17.2. The molecule has 0 aliphatic carbocycles. The SMILES string of the molecule is CC.Cc1cc(N2CCCCS2)ccc1C(=O)Nc1ccc(Cl)c(-c2ccc3cnccc3n2)c1. The highest BCUT2D eigenvalue weighted by Gasteiger charge is 2.16. The number of carbonyl (C=O) groups excluding carboxylic acids is 1. The number of fused-ring (bicyclic) bond motifs is 1. The quantitative estimate of drug-likeness (QED) is 0.287. The largest absolute Gasteiger partial charge is 0.322 e. The van der Waals surface area contributed by atoms with E-state index in [9.17, 15) is 4.79 Å². The van der Waals surface area contributed by atoms with Gasteiger partial charge in [-0.15, -0.1) is 0 Å². The summed E-state index contributed by atoms with van der Waals surface area (Å²) < 4.78 is 2.32. The fraction of sp³-hybridized carbons (Fsp3) is 0.250. The normalized spacial score (nSPS) is 13.2. The standard InChI is InChI=1S/C26H23ClN4OS.C2H6/c1-17-14-20(31-12-2-3-13-33-31)6-7-21(17)26(32)29-19-5-8-23(27)22(15-19)25-9-4-18-16-28-11-10-24(18)30-25;1-2/h4-11,14-16H,2-3,12-13H2,1H3,(H,29,32);1-2H3. The molecule has 0 spiro atoms. The Morgan fingerprint density at radius 1 is 1.06 bits per heavy atom. The number of pyridine rings is 2. The Hall–Kier alpha value is -3.09. The molecule has 1 aliphatic heterocycles. The Morgan fingerprint density at radius 3 is 2.69 bits per heavy atom. The number of hydrogen-bond donors (Lipinski definition) is 1. The molecular formula is C28H29ClN4OS. The highest BCUT2D eigenvalue weighted by Crippen LogP contribution is 2.32. The van der Waals surface area contributed by atoms with Crippen LogP contribution in [-0.4, -0.2) is 28.2 Å². The molecule has 35 heavy (non-hydrogen) atoms. The molecule has 1 amide bonds. The Kier molecular flexibility index (Phi) is 8.26. The van der Waals surface area contributed by atoms with Crippen LogP contribution in [-0.2, 0) is 0 Å². The molecule has 4 aromatic rings. The van der Waals surface area contributed by atoms with Crippen molar-refractivity contribution in [2.45, 2.75) is 33.6 Å². The van der Waals surface area contributed by atoms with Gasteiger partial charge in [0.15, 0.2) is 0 Å². The minimum Gasteiger partial charge on any atom is -0.322 e. The zero-order valence-electron chi connectivity index (χ0n) is 20.2. The van der Waals surface area contributed by atoms with Crippen LogP contribution in [0.3, 0.4) is 0 Å². The lowest BCUT2D eigenvalue weighted by molar-refractivity contribution is 0.102. The van der Waals surface area contributed by atoms with Gasteiger partial charge in [-0.05, 0) is 91.9 Å². The van der Waals surface area contributed by atoms with Crippen molar-refractivity contribution < 1.29 is 4.79 Å². The number of nitrogens with zero attached hydrogens (tertiary/aromatic N) is 3. The first kappa shape index (κ1) is 25.0. The lowest BCUT2D eigenvalue weighted by atomic mass is 10.1. The van der Waals surface area contributed by atoms with Crippen LogP contribution in [0, 0.1) is 6.92 Å². The van der Waals surface area contributed by atoms with Crippen molar-refractivity contribution in [3.8, 4) is 11.3 Å². The number of carbonyl (C=O) groups is 1. The van der Waals surface area contributed by atoms with E-state index in [1.54, 1.807) is 18.5 Å². The molecule has 1 fully saturated rings.